The van der Waals surface area contributed by atoms with Gasteiger partial charge in [-0.2, -0.15) is 0 Å². The summed E-state index contributed by atoms with van der Waals surface area (Å²) in [6.07, 6.45) is 0. The van der Waals surface area contributed by atoms with E-state index in [-0.39, 0.29) is 10.6 Å². The predicted octanol–water partition coefficient (Wildman–Crippen LogP) is 1.74. The molecule has 1 aromatic rings. The maximum atomic E-state index is 11.2. The molecule has 7 nitrogen and oxygen atoms in total. The van der Waals surface area contributed by atoms with Crippen molar-refractivity contribution >= 4 is 27.0 Å². The van der Waals surface area contributed by atoms with Crippen LogP contribution < -0.4 is 0 Å². The van der Waals surface area contributed by atoms with Crippen LogP contribution in [-0.4, -0.2) is 29.4 Å². The highest BCUT2D eigenvalue weighted by Crippen LogP contribution is 2.66. The fraction of sp³-hybridized carbons (Fsp3) is 0.333. The first-order valence-corrected chi connectivity index (χ1v) is 9.24. The van der Waals surface area contributed by atoms with Crippen LogP contribution >= 0.6 is 27.0 Å². The SMILES string of the molecule is Cc1cc(SC(P(=O)(O)O)P(=O)(O)O)cc(C)c1O. The molecule has 0 aliphatic rings. The molecule has 0 bridgehead atoms. The summed E-state index contributed by atoms with van der Waals surface area (Å²) in [7, 11) is -9.94. The Morgan fingerprint density at radius 2 is 1.37 bits per heavy atom. The Kier molecular flexibility index (Phi) is 4.91. The van der Waals surface area contributed by atoms with Crippen molar-refractivity contribution in [1.82, 2.24) is 0 Å². The molecule has 0 aliphatic carbocycles. The first kappa shape index (κ1) is 16.7. The second-order valence-electron chi connectivity index (χ2n) is 4.03. The molecule has 1 rings (SSSR count). The van der Waals surface area contributed by atoms with Gasteiger partial charge in [-0.15, -0.1) is 0 Å². The highest BCUT2D eigenvalue weighted by Gasteiger charge is 2.44. The number of hydrogen-bond donors (Lipinski definition) is 5. The van der Waals surface area contributed by atoms with Gasteiger partial charge in [0, 0.05) is 4.90 Å². The zero-order valence-electron chi connectivity index (χ0n) is 10.1. The number of phenols is 1. The van der Waals surface area contributed by atoms with Crippen molar-refractivity contribution in [2.45, 2.75) is 23.5 Å². The monoisotopic (exact) mass is 328 g/mol. The lowest BCUT2D eigenvalue weighted by molar-refractivity contribution is 0.352. The summed E-state index contributed by atoms with van der Waals surface area (Å²) in [5.74, 6) is 0.0354. The van der Waals surface area contributed by atoms with Crippen molar-refractivity contribution < 1.29 is 33.8 Å². The molecule has 19 heavy (non-hydrogen) atoms. The van der Waals surface area contributed by atoms with Gasteiger partial charge < -0.3 is 24.7 Å². The molecule has 0 saturated carbocycles. The van der Waals surface area contributed by atoms with E-state index in [9.17, 15) is 14.2 Å². The number of phenolic OH excluding ortho intramolecular Hbond substituents is 1. The van der Waals surface area contributed by atoms with Gasteiger partial charge in [-0.25, -0.2) is 0 Å². The van der Waals surface area contributed by atoms with Crippen molar-refractivity contribution in [3.05, 3.63) is 23.3 Å². The van der Waals surface area contributed by atoms with Gasteiger partial charge in [-0.1, -0.05) is 11.8 Å². The Balaban J connectivity index is 3.19. The summed E-state index contributed by atoms with van der Waals surface area (Å²) < 4.78 is 20.2. The molecule has 0 aromatic heterocycles. The molecule has 0 amide bonds. The Morgan fingerprint density at radius 3 is 1.68 bits per heavy atom. The van der Waals surface area contributed by atoms with Crippen molar-refractivity contribution in [1.29, 1.82) is 0 Å². The zero-order valence-corrected chi connectivity index (χ0v) is 12.7. The van der Waals surface area contributed by atoms with Gasteiger partial charge in [0.25, 0.3) is 0 Å². The van der Waals surface area contributed by atoms with E-state index in [1.807, 2.05) is 0 Å². The van der Waals surface area contributed by atoms with Crippen LogP contribution in [0.25, 0.3) is 0 Å². The highest BCUT2D eigenvalue weighted by atomic mass is 32.2. The fourth-order valence-corrected chi connectivity index (χ4v) is 5.57. The van der Waals surface area contributed by atoms with E-state index in [0.717, 1.165) is 0 Å². The Hall–Kier alpha value is -0.330. The van der Waals surface area contributed by atoms with Gasteiger partial charge in [-0.05, 0) is 37.1 Å². The molecule has 0 heterocycles. The minimum atomic E-state index is -4.97. The van der Waals surface area contributed by atoms with Gasteiger partial charge in [-0.3, -0.25) is 9.13 Å². The first-order valence-electron chi connectivity index (χ1n) is 5.00. The molecule has 0 unspecified atom stereocenters. The molecule has 10 heteroatoms. The summed E-state index contributed by atoms with van der Waals surface area (Å²) in [4.78, 5) is 36.3. The minimum Gasteiger partial charge on any atom is -0.507 e. The van der Waals surface area contributed by atoms with Crippen molar-refractivity contribution in [3.63, 3.8) is 0 Å². The van der Waals surface area contributed by atoms with Gasteiger partial charge in [0.05, 0.1) is 0 Å². The molecule has 1 aromatic carbocycles. The third kappa shape index (κ3) is 4.33. The number of aromatic hydroxyl groups is 1. The van der Waals surface area contributed by atoms with E-state index in [1.54, 1.807) is 13.8 Å². The Labute approximate surface area is 114 Å². The average Bonchev–Trinajstić information content (AvgIpc) is 2.19. The first-order chi connectivity index (χ1) is 8.43. The summed E-state index contributed by atoms with van der Waals surface area (Å²) in [5.41, 5.74) is 0.912. The molecule has 0 radical (unpaired) electrons. The number of thioether (sulfide) groups is 1. The highest BCUT2D eigenvalue weighted by molar-refractivity contribution is 8.12. The van der Waals surface area contributed by atoms with E-state index in [2.05, 4.69) is 0 Å². The lowest BCUT2D eigenvalue weighted by atomic mass is 10.1. The van der Waals surface area contributed by atoms with Crippen LogP contribution in [0.3, 0.4) is 0 Å². The molecule has 0 spiro atoms. The van der Waals surface area contributed by atoms with Crippen LogP contribution in [0.4, 0.5) is 0 Å². The number of rotatable bonds is 4. The van der Waals surface area contributed by atoms with E-state index in [1.165, 1.54) is 12.1 Å². The number of aryl methyl sites for hydroxylation is 2. The van der Waals surface area contributed by atoms with Crippen LogP contribution in [0, 0.1) is 13.8 Å². The molecule has 0 fully saturated rings. The molecular formula is C9H14O7P2S. The van der Waals surface area contributed by atoms with E-state index < -0.39 is 19.9 Å². The summed E-state index contributed by atoms with van der Waals surface area (Å²) in [5, 5.41) is 9.57. The normalized spacial score (nSPS) is 13.0. The van der Waals surface area contributed by atoms with Crippen LogP contribution in [0.5, 0.6) is 5.75 Å². The predicted molar refractivity (Wildman–Crippen MR) is 71.3 cm³/mol. The van der Waals surface area contributed by atoms with Crippen LogP contribution in [0.2, 0.25) is 0 Å². The smallest absolute Gasteiger partial charge is 0.351 e. The number of hydrogen-bond acceptors (Lipinski definition) is 4. The van der Waals surface area contributed by atoms with Crippen LogP contribution in [-0.2, 0) is 9.13 Å². The summed E-state index contributed by atoms with van der Waals surface area (Å²) in [6, 6.07) is 2.82. The molecule has 108 valence electrons. The maximum absolute atomic E-state index is 11.2. The third-order valence-electron chi connectivity index (χ3n) is 2.28. The summed E-state index contributed by atoms with van der Waals surface area (Å²) >= 11 is 0.402. The van der Waals surface area contributed by atoms with Crippen molar-refractivity contribution in [2.75, 3.05) is 0 Å². The van der Waals surface area contributed by atoms with Crippen molar-refractivity contribution in [3.8, 4) is 5.75 Å². The van der Waals surface area contributed by atoms with Gasteiger partial charge in [0.1, 0.15) is 5.75 Å². The second-order valence-corrected chi connectivity index (χ2v) is 9.70. The van der Waals surface area contributed by atoms with E-state index >= 15 is 0 Å². The maximum Gasteiger partial charge on any atom is 0.351 e. The second kappa shape index (κ2) is 5.58. The number of benzene rings is 1. The summed E-state index contributed by atoms with van der Waals surface area (Å²) in [6.45, 7) is 3.16. The Bertz CT molecular complexity index is 531. The van der Waals surface area contributed by atoms with Gasteiger partial charge in [0.15, 0.2) is 0 Å². The van der Waals surface area contributed by atoms with E-state index in [4.69, 9.17) is 19.6 Å². The lowest BCUT2D eigenvalue weighted by Crippen LogP contribution is -2.04. The van der Waals surface area contributed by atoms with E-state index in [0.29, 0.717) is 22.9 Å². The fourth-order valence-electron chi connectivity index (χ4n) is 1.44. The molecule has 0 atom stereocenters. The van der Waals surface area contributed by atoms with Gasteiger partial charge >= 0.3 is 15.2 Å². The minimum absolute atomic E-state index is 0.0354. The van der Waals surface area contributed by atoms with Crippen LogP contribution in [0.15, 0.2) is 17.0 Å². The lowest BCUT2D eigenvalue weighted by Gasteiger charge is -2.19. The molecule has 0 saturated heterocycles. The molecule has 5 N–H and O–H groups in total. The van der Waals surface area contributed by atoms with Gasteiger partial charge in [0.2, 0.25) is 4.73 Å². The third-order valence-corrected chi connectivity index (χ3v) is 8.24. The quantitative estimate of drug-likeness (QED) is 0.416. The largest absolute Gasteiger partial charge is 0.507 e. The molecular weight excluding hydrogens is 314 g/mol. The van der Waals surface area contributed by atoms with Crippen LogP contribution in [0.1, 0.15) is 11.1 Å². The zero-order chi connectivity index (χ0) is 15.0. The standard InChI is InChI=1S/C9H14O7P2S/c1-5-3-7(4-6(2)8(5)10)19-9(17(11,12)13)18(14,15)16/h3-4,9-10H,1-2H3,(H2,11,12,13)(H2,14,15,16). The topological polar surface area (TPSA) is 135 Å². The van der Waals surface area contributed by atoms with Crippen molar-refractivity contribution in [2.24, 2.45) is 0 Å². The molecule has 0 aliphatic heterocycles. The Morgan fingerprint density at radius 1 is 1.00 bits per heavy atom. The average molecular weight is 328 g/mol.